The minimum Gasteiger partial charge on any atom is -0.465 e. The largest absolute Gasteiger partial charge is 0.465 e. The van der Waals surface area contributed by atoms with Gasteiger partial charge in [0.1, 0.15) is 0 Å². The summed E-state index contributed by atoms with van der Waals surface area (Å²) in [5, 5.41) is 12.5. The Kier molecular flexibility index (Phi) is 2.21. The van der Waals surface area contributed by atoms with Crippen molar-refractivity contribution in [3.63, 3.8) is 0 Å². The van der Waals surface area contributed by atoms with Gasteiger partial charge in [0.25, 0.3) is 0 Å². The van der Waals surface area contributed by atoms with Gasteiger partial charge in [0, 0.05) is 18.0 Å². The standard InChI is InChI=1S/C8H12N4O2/c9-11-10-7-4-12(8(13)14)3-6(7)5-1-2-5/h5-7H,1-4H2,(H,13,14)/t6-,7-/m1/s1. The van der Waals surface area contributed by atoms with Crippen molar-refractivity contribution >= 4 is 6.09 Å². The molecule has 2 aliphatic rings. The summed E-state index contributed by atoms with van der Waals surface area (Å²) >= 11 is 0. The van der Waals surface area contributed by atoms with Crippen molar-refractivity contribution < 1.29 is 9.90 Å². The predicted octanol–water partition coefficient (Wildman–Crippen LogP) is 1.69. The molecule has 14 heavy (non-hydrogen) atoms. The van der Waals surface area contributed by atoms with Crippen molar-refractivity contribution in [3.05, 3.63) is 10.4 Å². The summed E-state index contributed by atoms with van der Waals surface area (Å²) in [4.78, 5) is 14.9. The molecular formula is C8H12N4O2. The molecule has 2 atom stereocenters. The molecule has 1 heterocycles. The van der Waals surface area contributed by atoms with E-state index in [4.69, 9.17) is 10.6 Å². The number of hydrogen-bond donors (Lipinski definition) is 1. The lowest BCUT2D eigenvalue weighted by Gasteiger charge is -2.11. The molecule has 1 aliphatic heterocycles. The first-order valence-corrected chi connectivity index (χ1v) is 4.74. The average Bonchev–Trinajstić information content (AvgIpc) is 2.89. The normalized spacial score (nSPS) is 31.3. The van der Waals surface area contributed by atoms with E-state index < -0.39 is 6.09 Å². The van der Waals surface area contributed by atoms with Crippen LogP contribution in [0.25, 0.3) is 10.4 Å². The molecule has 76 valence electrons. The first-order valence-electron chi connectivity index (χ1n) is 4.74. The molecule has 6 heteroatoms. The molecule has 1 aliphatic carbocycles. The molecular weight excluding hydrogens is 184 g/mol. The van der Waals surface area contributed by atoms with Gasteiger partial charge in [-0.3, -0.25) is 0 Å². The molecule has 1 N–H and O–H groups in total. The van der Waals surface area contributed by atoms with E-state index >= 15 is 0 Å². The van der Waals surface area contributed by atoms with Crippen LogP contribution in [0.1, 0.15) is 12.8 Å². The molecule has 0 unspecified atom stereocenters. The van der Waals surface area contributed by atoms with Gasteiger partial charge in [-0.05, 0) is 30.2 Å². The second-order valence-corrected chi connectivity index (χ2v) is 3.96. The Morgan fingerprint density at radius 3 is 2.71 bits per heavy atom. The number of carboxylic acid groups (broad SMARTS) is 1. The lowest BCUT2D eigenvalue weighted by Crippen LogP contribution is -2.27. The first-order chi connectivity index (χ1) is 6.72. The zero-order valence-electron chi connectivity index (χ0n) is 7.70. The molecule has 0 aromatic heterocycles. The highest BCUT2D eigenvalue weighted by molar-refractivity contribution is 5.65. The third kappa shape index (κ3) is 1.61. The van der Waals surface area contributed by atoms with Crippen LogP contribution >= 0.6 is 0 Å². The molecule has 0 radical (unpaired) electrons. The first kappa shape index (κ1) is 9.15. The van der Waals surface area contributed by atoms with Crippen molar-refractivity contribution in [3.8, 4) is 0 Å². The van der Waals surface area contributed by atoms with E-state index in [0.717, 1.165) is 12.8 Å². The van der Waals surface area contributed by atoms with E-state index in [2.05, 4.69) is 10.0 Å². The third-order valence-corrected chi connectivity index (χ3v) is 3.03. The summed E-state index contributed by atoms with van der Waals surface area (Å²) in [7, 11) is 0. The van der Waals surface area contributed by atoms with Crippen LogP contribution in [0.5, 0.6) is 0 Å². The van der Waals surface area contributed by atoms with Crippen LogP contribution < -0.4 is 0 Å². The Morgan fingerprint density at radius 1 is 1.50 bits per heavy atom. The van der Waals surface area contributed by atoms with E-state index in [9.17, 15) is 4.79 Å². The zero-order chi connectivity index (χ0) is 10.1. The van der Waals surface area contributed by atoms with Gasteiger partial charge in [-0.2, -0.15) is 0 Å². The topological polar surface area (TPSA) is 89.3 Å². The maximum Gasteiger partial charge on any atom is 0.407 e. The summed E-state index contributed by atoms with van der Waals surface area (Å²) in [6, 6.07) is -0.149. The van der Waals surface area contributed by atoms with E-state index in [1.165, 1.54) is 4.90 Å². The molecule has 2 rings (SSSR count). The fourth-order valence-corrected chi connectivity index (χ4v) is 2.14. The molecule has 2 fully saturated rings. The Hall–Kier alpha value is -1.42. The molecule has 0 spiro atoms. The van der Waals surface area contributed by atoms with Crippen LogP contribution in [0.4, 0.5) is 4.79 Å². The minimum absolute atomic E-state index is 0.149. The summed E-state index contributed by atoms with van der Waals surface area (Å²) in [5.41, 5.74) is 8.36. The Morgan fingerprint density at radius 2 is 2.21 bits per heavy atom. The van der Waals surface area contributed by atoms with Crippen LogP contribution in [0.3, 0.4) is 0 Å². The lowest BCUT2D eigenvalue weighted by molar-refractivity contribution is 0.153. The van der Waals surface area contributed by atoms with Gasteiger partial charge in [0.2, 0.25) is 0 Å². The quantitative estimate of drug-likeness (QED) is 0.413. The maximum atomic E-state index is 10.7. The fraction of sp³-hybridized carbons (Fsp3) is 0.875. The molecule has 6 nitrogen and oxygen atoms in total. The Labute approximate surface area is 81.1 Å². The zero-order valence-corrected chi connectivity index (χ0v) is 7.70. The SMILES string of the molecule is [N-]=[N+]=N[C@@H]1CN(C(=O)O)C[C@@H]1C1CC1. The Balaban J connectivity index is 2.06. The maximum absolute atomic E-state index is 10.7. The van der Waals surface area contributed by atoms with Crippen molar-refractivity contribution in [2.75, 3.05) is 13.1 Å². The van der Waals surface area contributed by atoms with Crippen molar-refractivity contribution in [1.29, 1.82) is 0 Å². The highest BCUT2D eigenvalue weighted by atomic mass is 16.4. The highest BCUT2D eigenvalue weighted by Gasteiger charge is 2.43. The van der Waals surface area contributed by atoms with E-state index in [-0.39, 0.29) is 12.0 Å². The average molecular weight is 196 g/mol. The number of azide groups is 1. The van der Waals surface area contributed by atoms with Gasteiger partial charge >= 0.3 is 6.09 Å². The van der Waals surface area contributed by atoms with Crippen molar-refractivity contribution in [1.82, 2.24) is 4.90 Å². The van der Waals surface area contributed by atoms with Crippen molar-refractivity contribution in [2.24, 2.45) is 17.0 Å². The molecule has 0 aromatic carbocycles. The van der Waals surface area contributed by atoms with E-state index in [1.54, 1.807) is 0 Å². The summed E-state index contributed by atoms with van der Waals surface area (Å²) in [6.45, 7) is 0.893. The van der Waals surface area contributed by atoms with E-state index in [0.29, 0.717) is 19.0 Å². The van der Waals surface area contributed by atoms with Crippen LogP contribution in [-0.2, 0) is 0 Å². The Bertz CT molecular complexity index is 296. The number of hydrogen-bond acceptors (Lipinski definition) is 2. The number of carbonyl (C=O) groups is 1. The van der Waals surface area contributed by atoms with Gasteiger partial charge in [-0.25, -0.2) is 4.79 Å². The molecule has 1 saturated carbocycles. The van der Waals surface area contributed by atoms with Crippen LogP contribution in [0, 0.1) is 11.8 Å². The highest BCUT2D eigenvalue weighted by Crippen LogP contribution is 2.42. The van der Waals surface area contributed by atoms with E-state index in [1.807, 2.05) is 0 Å². The van der Waals surface area contributed by atoms with Gasteiger partial charge in [0.15, 0.2) is 0 Å². The second-order valence-electron chi connectivity index (χ2n) is 3.96. The summed E-state index contributed by atoms with van der Waals surface area (Å²) < 4.78 is 0. The smallest absolute Gasteiger partial charge is 0.407 e. The third-order valence-electron chi connectivity index (χ3n) is 3.03. The molecule has 1 saturated heterocycles. The summed E-state index contributed by atoms with van der Waals surface area (Å²) in [6.07, 6.45) is 1.39. The van der Waals surface area contributed by atoms with Gasteiger partial charge in [0.05, 0.1) is 6.04 Å². The fourth-order valence-electron chi connectivity index (χ4n) is 2.14. The van der Waals surface area contributed by atoms with Gasteiger partial charge in [-0.15, -0.1) is 0 Å². The molecule has 0 bridgehead atoms. The number of nitrogens with zero attached hydrogens (tertiary/aromatic N) is 4. The number of rotatable bonds is 2. The van der Waals surface area contributed by atoms with Crippen LogP contribution in [0.15, 0.2) is 5.11 Å². The predicted molar refractivity (Wildman–Crippen MR) is 48.7 cm³/mol. The van der Waals surface area contributed by atoms with Crippen LogP contribution in [0.2, 0.25) is 0 Å². The monoisotopic (exact) mass is 196 g/mol. The van der Waals surface area contributed by atoms with Crippen LogP contribution in [-0.4, -0.2) is 35.2 Å². The van der Waals surface area contributed by atoms with Crippen molar-refractivity contribution in [2.45, 2.75) is 18.9 Å². The molecule has 1 amide bonds. The minimum atomic E-state index is -0.911. The molecule has 0 aromatic rings. The second kappa shape index (κ2) is 3.38. The lowest BCUT2D eigenvalue weighted by atomic mass is 9.99. The van der Waals surface area contributed by atoms with Gasteiger partial charge in [-0.1, -0.05) is 5.11 Å². The number of amides is 1. The van der Waals surface area contributed by atoms with Gasteiger partial charge < -0.3 is 10.0 Å². The summed E-state index contributed by atoms with van der Waals surface area (Å²) in [5.74, 6) is 0.830. The number of likely N-dealkylation sites (tertiary alicyclic amines) is 1.